The average Bonchev–Trinajstić information content (AvgIpc) is 3.10. The molecule has 4 rings (SSSR count). The molecule has 160 valence electrons. The van der Waals surface area contributed by atoms with Crippen LogP contribution in [0.4, 0.5) is 0 Å². The van der Waals surface area contributed by atoms with E-state index in [2.05, 4.69) is 20.8 Å². The summed E-state index contributed by atoms with van der Waals surface area (Å²) in [5, 5.41) is 0.447. The van der Waals surface area contributed by atoms with Gasteiger partial charge in [-0.2, -0.15) is 0 Å². The van der Waals surface area contributed by atoms with Crippen LogP contribution in [-0.2, 0) is 10.0 Å². The Morgan fingerprint density at radius 1 is 1.10 bits per heavy atom. The Morgan fingerprint density at radius 2 is 1.83 bits per heavy atom. The zero-order valence-electron chi connectivity index (χ0n) is 17.4. The highest BCUT2D eigenvalue weighted by Gasteiger charge is 2.33. The van der Waals surface area contributed by atoms with Gasteiger partial charge in [0.25, 0.3) is 0 Å². The predicted octanol–water partition coefficient (Wildman–Crippen LogP) is 5.02. The van der Waals surface area contributed by atoms with Gasteiger partial charge in [-0.25, -0.2) is 23.1 Å². The Kier molecular flexibility index (Phi) is 5.64. The van der Waals surface area contributed by atoms with E-state index in [1.54, 1.807) is 27.0 Å². The molecule has 1 saturated carbocycles. The number of nitrogens with one attached hydrogen (secondary N) is 2. The molecule has 0 aromatic carbocycles. The molecule has 2 N–H and O–H groups in total. The second-order valence-electron chi connectivity index (χ2n) is 9.00. The fourth-order valence-electron chi connectivity index (χ4n) is 3.89. The highest BCUT2D eigenvalue weighted by atomic mass is 35.5. The van der Waals surface area contributed by atoms with Gasteiger partial charge in [0.1, 0.15) is 5.15 Å². The van der Waals surface area contributed by atoms with Gasteiger partial charge in [0.15, 0.2) is 0 Å². The van der Waals surface area contributed by atoms with Crippen molar-refractivity contribution in [2.24, 2.45) is 0 Å². The summed E-state index contributed by atoms with van der Waals surface area (Å²) in [6.07, 6.45) is 5.24. The zero-order valence-corrected chi connectivity index (χ0v) is 19.0. The van der Waals surface area contributed by atoms with Crippen LogP contribution >= 0.6 is 11.6 Å². The summed E-state index contributed by atoms with van der Waals surface area (Å²) >= 11 is 6.01. The number of aromatic amines is 1. The lowest BCUT2D eigenvalue weighted by Crippen LogP contribution is -2.45. The molecule has 6 nitrogen and oxygen atoms in total. The van der Waals surface area contributed by atoms with E-state index >= 15 is 0 Å². The number of sulfonamides is 1. The van der Waals surface area contributed by atoms with Crippen molar-refractivity contribution >= 4 is 32.7 Å². The number of nitrogens with zero attached hydrogens (tertiary/aromatic N) is 2. The molecule has 1 fully saturated rings. The first-order chi connectivity index (χ1) is 14.1. The van der Waals surface area contributed by atoms with Crippen molar-refractivity contribution in [1.29, 1.82) is 0 Å². The van der Waals surface area contributed by atoms with Gasteiger partial charge in [0.2, 0.25) is 10.0 Å². The maximum atomic E-state index is 12.4. The molecule has 0 atom stereocenters. The number of pyridine rings is 2. The molecule has 30 heavy (non-hydrogen) atoms. The van der Waals surface area contributed by atoms with Crippen molar-refractivity contribution < 1.29 is 8.42 Å². The standard InChI is InChI=1S/C22H27ClN4O2S/c1-22(2,3)30(28,29)27-16-6-4-14(5-7-16)19-13-20-18(26-19)9-8-17(25-20)15-10-11-24-21(23)12-15/h8-14,16,26-27H,4-7H2,1-3H3/t14-,16-. The number of hydrogen-bond acceptors (Lipinski definition) is 4. The fraction of sp³-hybridized carbons (Fsp3) is 0.455. The van der Waals surface area contributed by atoms with Gasteiger partial charge >= 0.3 is 0 Å². The van der Waals surface area contributed by atoms with E-state index < -0.39 is 14.8 Å². The third-order valence-electron chi connectivity index (χ3n) is 5.81. The Morgan fingerprint density at radius 3 is 2.50 bits per heavy atom. The predicted molar refractivity (Wildman–Crippen MR) is 121 cm³/mol. The van der Waals surface area contributed by atoms with Gasteiger partial charge in [0, 0.05) is 23.5 Å². The number of halogens is 1. The van der Waals surface area contributed by atoms with Crippen molar-refractivity contribution in [3.8, 4) is 11.3 Å². The second kappa shape index (κ2) is 7.94. The molecule has 3 aromatic rings. The van der Waals surface area contributed by atoms with Gasteiger partial charge in [-0.1, -0.05) is 11.6 Å². The van der Waals surface area contributed by atoms with E-state index in [0.29, 0.717) is 11.1 Å². The maximum absolute atomic E-state index is 12.4. The maximum Gasteiger partial charge on any atom is 0.216 e. The minimum Gasteiger partial charge on any atom is -0.357 e. The molecular formula is C22H27ClN4O2S. The largest absolute Gasteiger partial charge is 0.357 e. The van der Waals surface area contributed by atoms with Crippen LogP contribution in [0.25, 0.3) is 22.3 Å². The summed E-state index contributed by atoms with van der Waals surface area (Å²) in [6, 6.07) is 9.85. The van der Waals surface area contributed by atoms with E-state index in [1.165, 1.54) is 5.69 Å². The van der Waals surface area contributed by atoms with Crippen LogP contribution in [0.1, 0.15) is 58.1 Å². The zero-order chi connectivity index (χ0) is 21.5. The smallest absolute Gasteiger partial charge is 0.216 e. The minimum atomic E-state index is -3.32. The Bertz CT molecular complexity index is 1160. The first-order valence-corrected chi connectivity index (χ1v) is 12.1. The quantitative estimate of drug-likeness (QED) is 0.550. The van der Waals surface area contributed by atoms with Crippen LogP contribution in [0.15, 0.2) is 36.5 Å². The lowest BCUT2D eigenvalue weighted by atomic mass is 9.84. The molecule has 3 aromatic heterocycles. The number of H-pyrrole nitrogens is 1. The molecule has 8 heteroatoms. The first kappa shape index (κ1) is 21.3. The molecular weight excluding hydrogens is 420 g/mol. The van der Waals surface area contributed by atoms with E-state index in [9.17, 15) is 8.42 Å². The molecule has 0 unspecified atom stereocenters. The highest BCUT2D eigenvalue weighted by molar-refractivity contribution is 7.90. The van der Waals surface area contributed by atoms with Crippen LogP contribution in [0.2, 0.25) is 5.15 Å². The topological polar surface area (TPSA) is 87.7 Å². The van der Waals surface area contributed by atoms with E-state index in [4.69, 9.17) is 16.6 Å². The Labute approximate surface area is 182 Å². The molecule has 0 aliphatic heterocycles. The van der Waals surface area contributed by atoms with Gasteiger partial charge < -0.3 is 4.98 Å². The third-order valence-corrected chi connectivity index (χ3v) is 8.28. The van der Waals surface area contributed by atoms with Gasteiger partial charge in [-0.15, -0.1) is 0 Å². The lowest BCUT2D eigenvalue weighted by Gasteiger charge is -2.31. The molecule has 0 saturated heterocycles. The molecule has 1 aliphatic carbocycles. The molecule has 0 spiro atoms. The summed E-state index contributed by atoms with van der Waals surface area (Å²) in [4.78, 5) is 12.3. The van der Waals surface area contributed by atoms with Crippen molar-refractivity contribution in [2.45, 2.75) is 63.2 Å². The summed E-state index contributed by atoms with van der Waals surface area (Å²) in [6.45, 7) is 5.19. The minimum absolute atomic E-state index is 0.0102. The van der Waals surface area contributed by atoms with E-state index in [0.717, 1.165) is 48.0 Å². The molecule has 3 heterocycles. The van der Waals surface area contributed by atoms with Crippen LogP contribution in [0, 0.1) is 0 Å². The van der Waals surface area contributed by atoms with E-state index in [-0.39, 0.29) is 6.04 Å². The lowest BCUT2D eigenvalue weighted by molar-refractivity contribution is 0.368. The number of aromatic nitrogens is 3. The number of fused-ring (bicyclic) bond motifs is 1. The average molecular weight is 447 g/mol. The molecule has 0 bridgehead atoms. The number of rotatable bonds is 4. The Balaban J connectivity index is 1.47. The molecule has 1 aliphatic rings. The summed E-state index contributed by atoms with van der Waals surface area (Å²) in [7, 11) is -3.32. The van der Waals surface area contributed by atoms with Gasteiger partial charge in [-0.05, 0) is 82.7 Å². The summed E-state index contributed by atoms with van der Waals surface area (Å²) < 4.78 is 27.0. The third kappa shape index (κ3) is 4.38. The second-order valence-corrected chi connectivity index (χ2v) is 11.9. The van der Waals surface area contributed by atoms with Gasteiger partial charge in [-0.3, -0.25) is 0 Å². The fourth-order valence-corrected chi connectivity index (χ4v) is 5.09. The van der Waals surface area contributed by atoms with E-state index in [1.807, 2.05) is 24.3 Å². The van der Waals surface area contributed by atoms with Crippen LogP contribution in [0.3, 0.4) is 0 Å². The highest BCUT2D eigenvalue weighted by Crippen LogP contribution is 2.35. The first-order valence-electron chi connectivity index (χ1n) is 10.3. The van der Waals surface area contributed by atoms with Gasteiger partial charge in [0.05, 0.1) is 21.5 Å². The molecule has 0 amide bonds. The van der Waals surface area contributed by atoms with Crippen molar-refractivity contribution in [1.82, 2.24) is 19.7 Å². The van der Waals surface area contributed by atoms with Crippen LogP contribution in [0.5, 0.6) is 0 Å². The SMILES string of the molecule is CC(C)(C)S(=O)(=O)N[C@H]1CC[C@H](c2cc3nc(-c4ccnc(Cl)c4)ccc3[nH]2)CC1. The normalized spacial score (nSPS) is 20.5. The van der Waals surface area contributed by atoms with Crippen molar-refractivity contribution in [3.05, 3.63) is 47.4 Å². The summed E-state index contributed by atoms with van der Waals surface area (Å²) in [5.41, 5.74) is 4.89. The molecule has 0 radical (unpaired) electrons. The monoisotopic (exact) mass is 446 g/mol. The van der Waals surface area contributed by atoms with Crippen molar-refractivity contribution in [3.63, 3.8) is 0 Å². The number of hydrogen-bond donors (Lipinski definition) is 2. The Hall–Kier alpha value is -1.96. The van der Waals surface area contributed by atoms with Crippen LogP contribution in [-0.4, -0.2) is 34.2 Å². The summed E-state index contributed by atoms with van der Waals surface area (Å²) in [5.74, 6) is 0.383. The van der Waals surface area contributed by atoms with Crippen molar-refractivity contribution in [2.75, 3.05) is 0 Å². The van der Waals surface area contributed by atoms with Crippen LogP contribution < -0.4 is 4.72 Å².